The van der Waals surface area contributed by atoms with Crippen molar-refractivity contribution in [2.24, 2.45) is 34.8 Å². The smallest absolute Gasteiger partial charge is 0.305 e. The van der Waals surface area contributed by atoms with E-state index in [2.05, 4.69) is 84.4 Å². The molecule has 7 rings (SSSR count). The van der Waals surface area contributed by atoms with Crippen molar-refractivity contribution in [1.29, 1.82) is 5.41 Å². The van der Waals surface area contributed by atoms with E-state index >= 15 is 19.2 Å². The number of carboxylic acid groups (broad SMARTS) is 1. The molecule has 1 aliphatic heterocycles. The van der Waals surface area contributed by atoms with Gasteiger partial charge < -0.3 is 118 Å². The lowest BCUT2D eigenvalue weighted by molar-refractivity contribution is -0.141. The van der Waals surface area contributed by atoms with Gasteiger partial charge in [0.1, 0.15) is 72.5 Å². The molecule has 0 radical (unpaired) electrons. The van der Waals surface area contributed by atoms with Crippen LogP contribution in [0, 0.1) is 17.2 Å². The fourth-order valence-corrected chi connectivity index (χ4v) is 14.9. The Morgan fingerprint density at radius 3 is 1.45 bits per heavy atom. The number of fused-ring (bicyclic) bond motifs is 3. The van der Waals surface area contributed by atoms with Crippen LogP contribution >= 0.6 is 11.8 Å². The average molecular weight is 1730 g/mol. The Bertz CT molecular complexity index is 4670. The molecule has 2 aromatic heterocycles. The Kier molecular flexibility index (Phi) is 39.5. The molecule has 3 heterocycles. The predicted molar refractivity (Wildman–Crippen MR) is 462 cm³/mol. The number of H-pyrrole nitrogens is 2. The van der Waals surface area contributed by atoms with E-state index in [0.29, 0.717) is 70.6 Å². The van der Waals surface area contributed by atoms with E-state index in [0.717, 1.165) is 22.5 Å². The van der Waals surface area contributed by atoms with Crippen LogP contribution in [0.15, 0.2) is 103 Å². The third kappa shape index (κ3) is 30.7. The first-order chi connectivity index (χ1) is 58.8. The molecule has 0 saturated carbocycles. The van der Waals surface area contributed by atoms with Gasteiger partial charge in [0.2, 0.25) is 82.7 Å². The summed E-state index contributed by atoms with van der Waals surface area (Å²) in [4.78, 5) is 223. The topological polar surface area (TPSA) is 624 Å². The van der Waals surface area contributed by atoms with Gasteiger partial charge in [-0.25, -0.2) is 0 Å². The lowest BCUT2D eigenvalue weighted by Crippen LogP contribution is -2.61. The SMILES string of the molecule is CCCC[C@@H]1NC(=O)[C@H](Cc2c[nH]c3ccccc23)NC(=O)[C@H](CC(=O)O)NC(=O)[C@H](CCCCN)NC(=O)CNC(=O)[C@H](CO)NC(=O)[C@@H]([C@@H](C)CC)NC(=O)[C@H](Cc2ccc3ccccc3c2)NC(=O)[C@H](CCCCN)NC(=O)CSC[C@@H](C(N)=O)NC(=O)[C@H](C(C)C)NC(=O)[C@H](Cc2c[nH]c3ccccc23)NC(=O)[C@@H](CCCNC(=N)N)NC1=O. The highest BCUT2D eigenvalue weighted by Gasteiger charge is 2.39. The number of unbranched alkanes of at least 4 members (excludes halogenated alkanes) is 3. The van der Waals surface area contributed by atoms with Crippen LogP contribution in [0.2, 0.25) is 0 Å². The molecule has 0 bridgehead atoms. The monoisotopic (exact) mass is 1730 g/mol. The van der Waals surface area contributed by atoms with Gasteiger partial charge in [-0.15, -0.1) is 11.8 Å². The number of carbonyl (C=O) groups excluding carboxylic acids is 14. The molecule has 1 fully saturated rings. The lowest BCUT2D eigenvalue weighted by atomic mass is 9.96. The number of nitrogens with one attached hydrogen (secondary N) is 17. The highest BCUT2D eigenvalue weighted by atomic mass is 32.2. The molecule has 668 valence electrons. The van der Waals surface area contributed by atoms with Gasteiger partial charge in [0.05, 0.1) is 25.3 Å². The Labute approximate surface area is 716 Å². The van der Waals surface area contributed by atoms with Crippen molar-refractivity contribution >= 4 is 139 Å². The van der Waals surface area contributed by atoms with E-state index in [1.165, 1.54) is 0 Å². The molecule has 0 unspecified atom stereocenters. The van der Waals surface area contributed by atoms with Gasteiger partial charge in [-0.2, -0.15) is 0 Å². The first-order valence-electron chi connectivity index (χ1n) is 41.5. The Hall–Kier alpha value is -12.2. The zero-order valence-corrected chi connectivity index (χ0v) is 70.7. The Morgan fingerprint density at radius 1 is 0.488 bits per heavy atom. The van der Waals surface area contributed by atoms with Crippen LogP contribution in [0.3, 0.4) is 0 Å². The number of hydrogen-bond acceptors (Lipinski definition) is 20. The van der Waals surface area contributed by atoms with Crippen LogP contribution in [0.5, 0.6) is 0 Å². The quantitative estimate of drug-likeness (QED) is 0.0157. The average Bonchev–Trinajstić information content (AvgIpc) is 1.68. The number of aliphatic hydroxyl groups is 1. The molecule has 0 spiro atoms. The summed E-state index contributed by atoms with van der Waals surface area (Å²) < 4.78 is 0. The number of carboxylic acids is 1. The van der Waals surface area contributed by atoms with Crippen LogP contribution < -0.4 is 97.4 Å². The third-order valence-corrected chi connectivity index (χ3v) is 22.1. The van der Waals surface area contributed by atoms with Crippen molar-refractivity contribution in [3.63, 3.8) is 0 Å². The number of aromatic amines is 2. The number of aliphatic carboxylic acids is 1. The standard InChI is InChI=1S/C84H119N21O17S/c1-6-8-24-59-76(115)96-60(29-19-34-90-84(88)89)77(116)99-63(38-52-41-92-56-26-14-12-23-54(52)56)81(120)104-70(46(3)4)82(121)103-66(72(87)111)44-123-45-68(108)95-58(28-16-18-33-86)75(114)98-61(36-48-30-31-49-20-9-10-21-50(49)35-48)80(119)105-71(47(5)7-2)83(122)102-65(43-106)73(112)93-42-67(107)94-57(27-15-17-32-85)74(113)101-64(39-69(109)110)79(118)100-62(78(117)97-59)37-51-40-91-55-25-13-11-22-53(51)55/h9-14,20-23,25-26,30-31,35,40-41,46-47,57-66,70-71,91-92,106H,6-8,15-19,24,27-29,32-34,36-39,42-45,85-86H2,1-5H3,(H2,87,111)(H,93,112)(H,94,107)(H,95,108)(H,96,115)(H,97,117)(H,98,114)(H,99,116)(H,100,118)(H,101,113)(H,102,122)(H,103,121)(H,104,120)(H,105,119)(H,109,110)(H4,88,89,90)/t47-,57-,58-,59-,60+,61-,62-,63-,64-,65-,66-,70-,71+/m0/s1. The van der Waals surface area contributed by atoms with E-state index in [1.807, 2.05) is 43.3 Å². The summed E-state index contributed by atoms with van der Waals surface area (Å²) in [5.41, 5.74) is 26.1. The minimum Gasteiger partial charge on any atom is -0.481 e. The molecule has 1 saturated heterocycles. The number of carbonyl (C=O) groups is 15. The fraction of sp³-hybridized carbons (Fsp3) is 0.500. The molecule has 6 aromatic rings. The van der Waals surface area contributed by atoms with E-state index in [9.17, 15) is 63.0 Å². The number of hydrogen-bond donors (Lipinski definition) is 23. The second kappa shape index (κ2) is 49.6. The summed E-state index contributed by atoms with van der Waals surface area (Å²) in [5, 5.41) is 68.4. The van der Waals surface area contributed by atoms with Crippen molar-refractivity contribution < 1.29 is 82.1 Å². The number of primary amides is 1. The maximum absolute atomic E-state index is 15.2. The largest absolute Gasteiger partial charge is 0.481 e. The Morgan fingerprint density at radius 2 is 0.935 bits per heavy atom. The summed E-state index contributed by atoms with van der Waals surface area (Å²) in [7, 11) is 0. The first-order valence-corrected chi connectivity index (χ1v) is 42.7. The second-order valence-corrected chi connectivity index (χ2v) is 32.0. The molecule has 38 nitrogen and oxygen atoms in total. The molecule has 123 heavy (non-hydrogen) atoms. The number of benzene rings is 4. The van der Waals surface area contributed by atoms with Crippen LogP contribution in [0.1, 0.15) is 135 Å². The highest BCUT2D eigenvalue weighted by molar-refractivity contribution is 8.00. The number of aliphatic hydroxyl groups excluding tert-OH is 1. The summed E-state index contributed by atoms with van der Waals surface area (Å²) in [5.74, 6) is -17.7. The van der Waals surface area contributed by atoms with Gasteiger partial charge in [-0.05, 0) is 122 Å². The third-order valence-electron chi connectivity index (χ3n) is 21.1. The van der Waals surface area contributed by atoms with E-state index in [4.69, 9.17) is 28.3 Å². The Balaban J connectivity index is 1.28. The minimum absolute atomic E-state index is 0.00864. The van der Waals surface area contributed by atoms with Crippen LogP contribution in [0.4, 0.5) is 0 Å². The fourth-order valence-electron chi connectivity index (χ4n) is 14.0. The number of aromatic nitrogens is 2. The van der Waals surface area contributed by atoms with Gasteiger partial charge in [0.15, 0.2) is 5.96 Å². The van der Waals surface area contributed by atoms with Crippen molar-refractivity contribution in [2.75, 3.05) is 44.3 Å². The number of rotatable bonds is 28. The zero-order chi connectivity index (χ0) is 89.8. The summed E-state index contributed by atoms with van der Waals surface area (Å²) in [6.07, 6.45) is 3.28. The molecule has 14 amide bonds. The van der Waals surface area contributed by atoms with Crippen molar-refractivity contribution in [1.82, 2.24) is 84.4 Å². The van der Waals surface area contributed by atoms with Crippen LogP contribution in [-0.2, 0) is 91.2 Å². The maximum atomic E-state index is 15.2. The van der Waals surface area contributed by atoms with Gasteiger partial charge >= 0.3 is 5.97 Å². The normalized spacial score (nSPS) is 23.0. The number of thioether (sulfide) groups is 1. The van der Waals surface area contributed by atoms with E-state index < -0.39 is 204 Å². The summed E-state index contributed by atoms with van der Waals surface area (Å²) in [6.45, 7) is 6.77. The maximum Gasteiger partial charge on any atom is 0.305 e. The van der Waals surface area contributed by atoms with Crippen LogP contribution in [-0.4, -0.2) is 232 Å². The van der Waals surface area contributed by atoms with E-state index in [-0.39, 0.29) is 89.6 Å². The highest BCUT2D eigenvalue weighted by Crippen LogP contribution is 2.24. The lowest BCUT2D eigenvalue weighted by Gasteiger charge is -2.29. The van der Waals surface area contributed by atoms with Crippen molar-refractivity contribution in [2.45, 2.75) is 210 Å². The van der Waals surface area contributed by atoms with Gasteiger partial charge in [0.25, 0.3) is 0 Å². The summed E-state index contributed by atoms with van der Waals surface area (Å²) >= 11 is 0.856. The zero-order valence-electron chi connectivity index (χ0n) is 69.9. The number of para-hydroxylation sites is 2. The first kappa shape index (κ1) is 97.9. The van der Waals surface area contributed by atoms with Crippen molar-refractivity contribution in [3.8, 4) is 0 Å². The molecular formula is C84H119N21O17S. The predicted octanol–water partition coefficient (Wildman–Crippen LogP) is -1.12. The molecule has 39 heteroatoms. The minimum atomic E-state index is -1.98. The van der Waals surface area contributed by atoms with Crippen molar-refractivity contribution in [3.05, 3.63) is 120 Å². The number of guanidine groups is 1. The van der Waals surface area contributed by atoms with E-state index in [1.54, 1.807) is 94.7 Å². The molecular weight excluding hydrogens is 1610 g/mol. The molecule has 0 aliphatic carbocycles. The van der Waals surface area contributed by atoms with Gasteiger partial charge in [-0.3, -0.25) is 77.3 Å². The molecule has 13 atom stereocenters. The number of amides is 14. The molecule has 4 aromatic carbocycles. The molecule has 27 N–H and O–H groups in total. The second-order valence-electron chi connectivity index (χ2n) is 31.0. The van der Waals surface area contributed by atoms with Gasteiger partial charge in [0, 0.05) is 65.8 Å². The van der Waals surface area contributed by atoms with Gasteiger partial charge in [-0.1, -0.05) is 133 Å². The summed E-state index contributed by atoms with van der Waals surface area (Å²) in [6, 6.07) is 8.11. The number of nitrogens with two attached hydrogens (primary N) is 4. The molecule has 1 aliphatic rings. The van der Waals surface area contributed by atoms with Crippen LogP contribution in [0.25, 0.3) is 32.6 Å².